The molecule has 0 atom stereocenters. The van der Waals surface area contributed by atoms with Crippen LogP contribution in [0.15, 0.2) is 23.8 Å². The lowest BCUT2D eigenvalue weighted by Crippen LogP contribution is -2.46. The van der Waals surface area contributed by atoms with E-state index in [9.17, 15) is 0 Å². The predicted octanol–water partition coefficient (Wildman–Crippen LogP) is 2.39. The Morgan fingerprint density at radius 1 is 0.783 bits per heavy atom. The molecule has 6 nitrogen and oxygen atoms in total. The summed E-state index contributed by atoms with van der Waals surface area (Å²) in [6.45, 7) is 7.97. The summed E-state index contributed by atoms with van der Waals surface area (Å²) in [6, 6.07) is 0. The Bertz CT molecular complexity index is 481. The van der Waals surface area contributed by atoms with E-state index < -0.39 is 29.1 Å². The van der Waals surface area contributed by atoms with Crippen LogP contribution in [0.1, 0.15) is 27.7 Å². The normalized spacial score (nSPS) is 27.9. The van der Waals surface area contributed by atoms with Crippen molar-refractivity contribution in [3.8, 4) is 0 Å². The molecule has 132 valence electrons. The minimum absolute atomic E-state index is 0.476. The SMILES string of the molecule is COC1(OC)C=CC(OC)(OC)C(C2OC(C)(C)C(C)(C)O2)=C1. The lowest BCUT2D eigenvalue weighted by Gasteiger charge is -2.39. The van der Waals surface area contributed by atoms with Gasteiger partial charge in [-0.2, -0.15) is 0 Å². The van der Waals surface area contributed by atoms with Gasteiger partial charge in [-0.15, -0.1) is 0 Å². The summed E-state index contributed by atoms with van der Waals surface area (Å²) in [7, 11) is 6.27. The van der Waals surface area contributed by atoms with Crippen molar-refractivity contribution in [1.82, 2.24) is 0 Å². The van der Waals surface area contributed by atoms with Gasteiger partial charge >= 0.3 is 0 Å². The van der Waals surface area contributed by atoms with Crippen molar-refractivity contribution in [2.45, 2.75) is 56.8 Å². The van der Waals surface area contributed by atoms with E-state index in [0.717, 1.165) is 0 Å². The van der Waals surface area contributed by atoms with Gasteiger partial charge in [-0.1, -0.05) is 0 Å². The fourth-order valence-corrected chi connectivity index (χ4v) is 2.68. The topological polar surface area (TPSA) is 55.4 Å². The largest absolute Gasteiger partial charge is 0.346 e. The Morgan fingerprint density at radius 2 is 1.26 bits per heavy atom. The lowest BCUT2D eigenvalue weighted by molar-refractivity contribution is -0.189. The highest BCUT2D eigenvalue weighted by Crippen LogP contribution is 2.45. The van der Waals surface area contributed by atoms with E-state index in [1.54, 1.807) is 46.7 Å². The minimum atomic E-state index is -1.10. The molecule has 6 heteroatoms. The number of hydrogen-bond donors (Lipinski definition) is 0. The van der Waals surface area contributed by atoms with E-state index in [-0.39, 0.29) is 0 Å². The van der Waals surface area contributed by atoms with Crippen LogP contribution in [-0.4, -0.2) is 57.5 Å². The van der Waals surface area contributed by atoms with Gasteiger partial charge in [0.2, 0.25) is 11.6 Å². The van der Waals surface area contributed by atoms with Crippen LogP contribution in [0.4, 0.5) is 0 Å². The Kier molecular flexibility index (Phi) is 4.81. The predicted molar refractivity (Wildman–Crippen MR) is 84.8 cm³/mol. The van der Waals surface area contributed by atoms with E-state index in [1.807, 2.05) is 27.7 Å². The average molecular weight is 328 g/mol. The lowest BCUT2D eigenvalue weighted by atomic mass is 9.90. The van der Waals surface area contributed by atoms with Crippen molar-refractivity contribution < 1.29 is 28.4 Å². The minimum Gasteiger partial charge on any atom is -0.346 e. The Morgan fingerprint density at radius 3 is 1.65 bits per heavy atom. The first-order valence-electron chi connectivity index (χ1n) is 7.61. The molecule has 23 heavy (non-hydrogen) atoms. The summed E-state index contributed by atoms with van der Waals surface area (Å²) in [5.41, 5.74) is -0.307. The molecule has 0 unspecified atom stereocenters. The van der Waals surface area contributed by atoms with Crippen LogP contribution in [0.3, 0.4) is 0 Å². The van der Waals surface area contributed by atoms with Crippen LogP contribution < -0.4 is 0 Å². The maximum Gasteiger partial charge on any atom is 0.215 e. The second-order valence-electron chi connectivity index (χ2n) is 6.73. The molecule has 2 aliphatic rings. The molecule has 0 radical (unpaired) electrons. The maximum absolute atomic E-state index is 6.15. The summed E-state index contributed by atoms with van der Waals surface area (Å²) in [5, 5.41) is 0. The summed E-state index contributed by atoms with van der Waals surface area (Å²) in [4.78, 5) is 0. The maximum atomic E-state index is 6.15. The zero-order valence-corrected chi connectivity index (χ0v) is 15.3. The van der Waals surface area contributed by atoms with E-state index in [1.165, 1.54) is 0 Å². The molecule has 0 aromatic rings. The number of rotatable bonds is 5. The molecule has 0 saturated carbocycles. The first kappa shape index (κ1) is 18.6. The molecule has 2 rings (SSSR count). The molecule has 0 aromatic carbocycles. The van der Waals surface area contributed by atoms with Crippen molar-refractivity contribution >= 4 is 0 Å². The van der Waals surface area contributed by atoms with Crippen molar-refractivity contribution in [3.05, 3.63) is 23.8 Å². The quantitative estimate of drug-likeness (QED) is 0.570. The smallest absolute Gasteiger partial charge is 0.215 e. The number of hydrogen-bond acceptors (Lipinski definition) is 6. The fraction of sp³-hybridized carbons (Fsp3) is 0.765. The third-order valence-corrected chi connectivity index (χ3v) is 5.05. The molecule has 1 fully saturated rings. The van der Waals surface area contributed by atoms with Crippen LogP contribution >= 0.6 is 0 Å². The van der Waals surface area contributed by atoms with Crippen molar-refractivity contribution in [2.75, 3.05) is 28.4 Å². The molecule has 0 bridgehead atoms. The first-order valence-corrected chi connectivity index (χ1v) is 7.61. The molecule has 1 heterocycles. The average Bonchev–Trinajstić information content (AvgIpc) is 2.74. The third-order valence-electron chi connectivity index (χ3n) is 5.05. The monoisotopic (exact) mass is 328 g/mol. The van der Waals surface area contributed by atoms with Crippen LogP contribution in [0.25, 0.3) is 0 Å². The van der Waals surface area contributed by atoms with Crippen LogP contribution in [0, 0.1) is 0 Å². The zero-order valence-electron chi connectivity index (χ0n) is 15.3. The van der Waals surface area contributed by atoms with Gasteiger partial charge in [0.25, 0.3) is 0 Å². The van der Waals surface area contributed by atoms with Crippen molar-refractivity contribution in [2.24, 2.45) is 0 Å². The van der Waals surface area contributed by atoms with Gasteiger partial charge < -0.3 is 28.4 Å². The molecule has 1 aliphatic carbocycles. The summed E-state index contributed by atoms with van der Waals surface area (Å²) >= 11 is 0. The third kappa shape index (κ3) is 2.88. The Hall–Kier alpha value is -0.760. The molecular formula is C17H28O6. The molecule has 1 aliphatic heterocycles. The van der Waals surface area contributed by atoms with Gasteiger partial charge in [-0.25, -0.2) is 0 Å². The van der Waals surface area contributed by atoms with Crippen LogP contribution in [0.5, 0.6) is 0 Å². The van der Waals surface area contributed by atoms with Gasteiger partial charge in [0, 0.05) is 28.4 Å². The Balaban J connectivity index is 2.48. The molecule has 0 N–H and O–H groups in total. The van der Waals surface area contributed by atoms with Crippen molar-refractivity contribution in [1.29, 1.82) is 0 Å². The Labute approximate surface area is 138 Å². The fourth-order valence-electron chi connectivity index (χ4n) is 2.68. The van der Waals surface area contributed by atoms with Crippen LogP contribution in [-0.2, 0) is 28.4 Å². The highest BCUT2D eigenvalue weighted by atomic mass is 16.8. The van der Waals surface area contributed by atoms with E-state index in [0.29, 0.717) is 5.57 Å². The molecule has 0 spiro atoms. The first-order chi connectivity index (χ1) is 10.6. The summed E-state index contributed by atoms with van der Waals surface area (Å²) < 4.78 is 34.5. The van der Waals surface area contributed by atoms with E-state index in [2.05, 4.69) is 0 Å². The van der Waals surface area contributed by atoms with Crippen LogP contribution in [0.2, 0.25) is 0 Å². The highest BCUT2D eigenvalue weighted by Gasteiger charge is 2.55. The molecular weight excluding hydrogens is 300 g/mol. The summed E-state index contributed by atoms with van der Waals surface area (Å²) in [5.74, 6) is -2.11. The standard InChI is InChI=1S/C17H28O6/c1-14(2)15(3,4)23-13(22-14)12-11-16(18-5,19-6)9-10-17(12,20-7)21-8/h9-11,13H,1-8H3. The number of methoxy groups -OCH3 is 4. The zero-order chi connectivity index (χ0) is 17.5. The molecule has 0 aromatic heterocycles. The van der Waals surface area contributed by atoms with Gasteiger partial charge in [0.15, 0.2) is 6.29 Å². The van der Waals surface area contributed by atoms with E-state index in [4.69, 9.17) is 28.4 Å². The highest BCUT2D eigenvalue weighted by molar-refractivity contribution is 5.35. The van der Waals surface area contributed by atoms with Gasteiger partial charge in [0.05, 0.1) is 16.8 Å². The molecule has 1 saturated heterocycles. The second-order valence-corrected chi connectivity index (χ2v) is 6.73. The van der Waals surface area contributed by atoms with E-state index >= 15 is 0 Å². The van der Waals surface area contributed by atoms with Gasteiger partial charge in [0.1, 0.15) is 0 Å². The number of ether oxygens (including phenoxy) is 6. The molecule has 0 amide bonds. The van der Waals surface area contributed by atoms with Gasteiger partial charge in [-0.3, -0.25) is 0 Å². The summed E-state index contributed by atoms with van der Waals surface area (Å²) in [6.07, 6.45) is 4.63. The second kappa shape index (κ2) is 5.95. The van der Waals surface area contributed by atoms with Gasteiger partial charge in [-0.05, 0) is 45.9 Å². The van der Waals surface area contributed by atoms with Crippen molar-refractivity contribution in [3.63, 3.8) is 0 Å².